The van der Waals surface area contributed by atoms with Gasteiger partial charge >= 0.3 is 5.97 Å². The number of carbonyl (C=O) groups excluding carboxylic acids is 1. The van der Waals surface area contributed by atoms with Crippen LogP contribution in [0.3, 0.4) is 0 Å². The number of hydrogen-bond donors (Lipinski definition) is 1. The van der Waals surface area contributed by atoms with Gasteiger partial charge in [-0.1, -0.05) is 12.2 Å². The Morgan fingerprint density at radius 3 is 2.86 bits per heavy atom. The number of esters is 1. The second-order valence-corrected chi connectivity index (χ2v) is 8.19. The molecule has 0 spiro atoms. The molecule has 29 heavy (non-hydrogen) atoms. The molecule has 1 aromatic heterocycles. The molecular formula is C22H24FN3O3. The second-order valence-electron chi connectivity index (χ2n) is 8.19. The fourth-order valence-electron chi connectivity index (χ4n) is 4.75. The van der Waals surface area contributed by atoms with Crippen molar-refractivity contribution in [2.24, 2.45) is 5.73 Å². The first kappa shape index (κ1) is 18.4. The number of benzene rings is 1. The SMILES string of the molecule is CCOC(=O)c1cn(C2CC2)c2c3c(c(F)cc2c1=O)N1C[C@H](N)C[C@H]1CC=C3. The van der Waals surface area contributed by atoms with Gasteiger partial charge < -0.3 is 19.9 Å². The van der Waals surface area contributed by atoms with Crippen molar-refractivity contribution in [3.8, 4) is 0 Å². The summed E-state index contributed by atoms with van der Waals surface area (Å²) in [5, 5.41) is 0.227. The lowest BCUT2D eigenvalue weighted by Gasteiger charge is -2.27. The van der Waals surface area contributed by atoms with E-state index in [1.54, 1.807) is 13.1 Å². The molecule has 6 nitrogen and oxygen atoms in total. The quantitative estimate of drug-likeness (QED) is 0.806. The minimum atomic E-state index is -0.662. The monoisotopic (exact) mass is 397 g/mol. The van der Waals surface area contributed by atoms with Crippen LogP contribution in [0.15, 0.2) is 23.1 Å². The van der Waals surface area contributed by atoms with E-state index in [1.807, 2.05) is 16.7 Å². The molecule has 2 atom stereocenters. The van der Waals surface area contributed by atoms with Crippen LogP contribution in [0.5, 0.6) is 0 Å². The molecule has 7 heteroatoms. The van der Waals surface area contributed by atoms with E-state index in [0.717, 1.165) is 25.7 Å². The Hall–Kier alpha value is -2.67. The molecule has 0 radical (unpaired) electrons. The standard InChI is InChI=1S/C22H24FN3O3/c1-2-29-22(28)17-11-26(13-6-7-13)19-15-5-3-4-14-8-12(24)10-25(14)20(15)18(23)9-16(19)21(17)27/h3,5,9,11-14H,2,4,6-8,10,24H2,1H3/t12-,14-/m1/s1. The second kappa shape index (κ2) is 6.69. The first-order valence-corrected chi connectivity index (χ1v) is 10.3. The van der Waals surface area contributed by atoms with Crippen molar-refractivity contribution in [1.82, 2.24) is 4.57 Å². The van der Waals surface area contributed by atoms with Crippen LogP contribution in [0.1, 0.15) is 54.6 Å². The molecule has 3 heterocycles. The van der Waals surface area contributed by atoms with E-state index in [0.29, 0.717) is 23.3 Å². The summed E-state index contributed by atoms with van der Waals surface area (Å²) in [6.07, 6.45) is 9.11. The summed E-state index contributed by atoms with van der Waals surface area (Å²) < 4.78 is 22.4. The third kappa shape index (κ3) is 2.87. The van der Waals surface area contributed by atoms with Crippen LogP contribution in [0.25, 0.3) is 17.0 Å². The summed E-state index contributed by atoms with van der Waals surface area (Å²) >= 11 is 0. The van der Waals surface area contributed by atoms with Gasteiger partial charge in [-0.05, 0) is 38.7 Å². The van der Waals surface area contributed by atoms with Crippen molar-refractivity contribution < 1.29 is 13.9 Å². The number of ether oxygens (including phenoxy) is 1. The maximum atomic E-state index is 15.4. The van der Waals surface area contributed by atoms with E-state index in [2.05, 4.69) is 4.90 Å². The Balaban J connectivity index is 1.82. The fraction of sp³-hybridized carbons (Fsp3) is 0.455. The fourth-order valence-corrected chi connectivity index (χ4v) is 4.75. The highest BCUT2D eigenvalue weighted by Crippen LogP contribution is 2.43. The Morgan fingerprint density at radius 1 is 1.34 bits per heavy atom. The Labute approximate surface area is 167 Å². The lowest BCUT2D eigenvalue weighted by molar-refractivity contribution is 0.0524. The first-order chi connectivity index (χ1) is 14.0. The van der Waals surface area contributed by atoms with Crippen LogP contribution < -0.4 is 16.1 Å². The highest BCUT2D eigenvalue weighted by molar-refractivity contribution is 5.99. The molecule has 5 rings (SSSR count). The van der Waals surface area contributed by atoms with Crippen LogP contribution >= 0.6 is 0 Å². The van der Waals surface area contributed by atoms with Gasteiger partial charge in [-0.2, -0.15) is 0 Å². The Kier molecular flexibility index (Phi) is 4.24. The maximum absolute atomic E-state index is 15.4. The number of hydrogen-bond acceptors (Lipinski definition) is 5. The van der Waals surface area contributed by atoms with E-state index < -0.39 is 17.2 Å². The van der Waals surface area contributed by atoms with Gasteiger partial charge in [0.2, 0.25) is 5.43 Å². The van der Waals surface area contributed by atoms with E-state index >= 15 is 4.39 Å². The molecule has 152 valence electrons. The molecule has 2 fully saturated rings. The van der Waals surface area contributed by atoms with Gasteiger partial charge in [-0.25, -0.2) is 9.18 Å². The molecule has 2 N–H and O–H groups in total. The highest BCUT2D eigenvalue weighted by atomic mass is 19.1. The smallest absolute Gasteiger partial charge is 0.343 e. The van der Waals surface area contributed by atoms with Crippen LogP contribution in [0.2, 0.25) is 0 Å². The lowest BCUT2D eigenvalue weighted by atomic mass is 10.0. The van der Waals surface area contributed by atoms with E-state index in [9.17, 15) is 9.59 Å². The summed E-state index contributed by atoms with van der Waals surface area (Å²) in [4.78, 5) is 27.5. The number of fused-ring (bicyclic) bond motifs is 5. The minimum absolute atomic E-state index is 0.00580. The first-order valence-electron chi connectivity index (χ1n) is 10.3. The van der Waals surface area contributed by atoms with Gasteiger partial charge in [0, 0.05) is 36.4 Å². The van der Waals surface area contributed by atoms with Gasteiger partial charge in [0.05, 0.1) is 23.2 Å². The highest BCUT2D eigenvalue weighted by Gasteiger charge is 2.36. The molecule has 2 aliphatic heterocycles. The predicted molar refractivity (Wildman–Crippen MR) is 110 cm³/mol. The van der Waals surface area contributed by atoms with Crippen molar-refractivity contribution in [2.75, 3.05) is 18.1 Å². The van der Waals surface area contributed by atoms with Crippen molar-refractivity contribution in [3.05, 3.63) is 45.5 Å². The summed E-state index contributed by atoms with van der Waals surface area (Å²) in [5.41, 5.74) is 7.56. The Morgan fingerprint density at radius 2 is 2.14 bits per heavy atom. The third-order valence-corrected chi connectivity index (χ3v) is 6.14. The molecule has 0 unspecified atom stereocenters. The number of halogens is 1. The van der Waals surface area contributed by atoms with Crippen LogP contribution in [0.4, 0.5) is 10.1 Å². The summed E-state index contributed by atoms with van der Waals surface area (Å²) in [6, 6.07) is 1.66. The topological polar surface area (TPSA) is 77.6 Å². The van der Waals surface area contributed by atoms with Gasteiger partial charge in [0.25, 0.3) is 0 Å². The molecule has 0 amide bonds. The van der Waals surface area contributed by atoms with Crippen molar-refractivity contribution in [2.45, 2.75) is 50.7 Å². The number of aromatic nitrogens is 1. The largest absolute Gasteiger partial charge is 0.462 e. The van der Waals surface area contributed by atoms with Gasteiger partial charge in [0.15, 0.2) is 0 Å². The zero-order valence-corrected chi connectivity index (χ0v) is 16.4. The lowest BCUT2D eigenvalue weighted by Crippen LogP contribution is -2.31. The van der Waals surface area contributed by atoms with Gasteiger partial charge in [0.1, 0.15) is 11.4 Å². The Bertz CT molecular complexity index is 1100. The number of anilines is 1. The predicted octanol–water partition coefficient (Wildman–Crippen LogP) is 2.98. The minimum Gasteiger partial charge on any atom is -0.462 e. The average Bonchev–Trinajstić information content (AvgIpc) is 3.47. The molecule has 0 bridgehead atoms. The van der Waals surface area contributed by atoms with Crippen LogP contribution in [-0.2, 0) is 4.74 Å². The van der Waals surface area contributed by atoms with Crippen molar-refractivity contribution in [1.29, 1.82) is 0 Å². The zero-order valence-electron chi connectivity index (χ0n) is 16.4. The van der Waals surface area contributed by atoms with Gasteiger partial charge in [-0.3, -0.25) is 4.79 Å². The molecular weight excluding hydrogens is 373 g/mol. The van der Waals surface area contributed by atoms with Crippen molar-refractivity contribution >= 4 is 28.6 Å². The maximum Gasteiger partial charge on any atom is 0.343 e. The van der Waals surface area contributed by atoms with E-state index in [4.69, 9.17) is 10.5 Å². The number of pyridine rings is 1. The van der Waals surface area contributed by atoms with E-state index in [-0.39, 0.29) is 35.7 Å². The van der Waals surface area contributed by atoms with Crippen LogP contribution in [0, 0.1) is 5.82 Å². The molecule has 2 aromatic rings. The molecule has 1 saturated carbocycles. The molecule has 1 aliphatic carbocycles. The normalized spacial score (nSPS) is 23.1. The zero-order chi connectivity index (χ0) is 20.3. The number of nitrogens with two attached hydrogens (primary N) is 1. The van der Waals surface area contributed by atoms with Crippen LogP contribution in [-0.4, -0.2) is 35.8 Å². The summed E-state index contributed by atoms with van der Waals surface area (Å²) in [6.45, 7) is 2.47. The average molecular weight is 397 g/mol. The number of carbonyl (C=O) groups is 1. The summed E-state index contributed by atoms with van der Waals surface area (Å²) in [5.74, 6) is -1.11. The van der Waals surface area contributed by atoms with Gasteiger partial charge in [-0.15, -0.1) is 0 Å². The third-order valence-electron chi connectivity index (χ3n) is 6.14. The van der Waals surface area contributed by atoms with E-state index in [1.165, 1.54) is 6.07 Å². The number of rotatable bonds is 3. The molecule has 1 aromatic carbocycles. The summed E-state index contributed by atoms with van der Waals surface area (Å²) in [7, 11) is 0. The number of nitrogens with zero attached hydrogens (tertiary/aromatic N) is 2. The molecule has 1 saturated heterocycles. The van der Waals surface area contributed by atoms with Crippen molar-refractivity contribution in [3.63, 3.8) is 0 Å². The molecule has 3 aliphatic rings.